The number of thioether (sulfide) groups is 1. The number of nitrogens with one attached hydrogen (secondary N) is 2. The monoisotopic (exact) mass is 371 g/mol. The first-order valence-electron chi connectivity index (χ1n) is 8.39. The highest BCUT2D eigenvalue weighted by molar-refractivity contribution is 7.99. The van der Waals surface area contributed by atoms with Crippen LogP contribution in [0.15, 0.2) is 48.5 Å². The molecule has 4 N–H and O–H groups in total. The van der Waals surface area contributed by atoms with Gasteiger partial charge in [0.05, 0.1) is 5.56 Å². The van der Waals surface area contributed by atoms with Crippen molar-refractivity contribution in [2.24, 2.45) is 5.73 Å². The van der Waals surface area contributed by atoms with Crippen LogP contribution >= 0.6 is 11.8 Å². The van der Waals surface area contributed by atoms with Gasteiger partial charge in [0, 0.05) is 36.2 Å². The normalized spacial score (nSPS) is 16.7. The number of hydrogen-bond acceptors (Lipinski definition) is 5. The summed E-state index contributed by atoms with van der Waals surface area (Å²) in [5, 5.41) is 6.24. The van der Waals surface area contributed by atoms with E-state index >= 15 is 0 Å². The zero-order valence-electron chi connectivity index (χ0n) is 14.2. The number of carbonyl (C=O) groups excluding carboxylic acids is 2. The van der Waals surface area contributed by atoms with Crippen LogP contribution in [0, 0.1) is 0 Å². The second-order valence-electron chi connectivity index (χ2n) is 5.97. The fraction of sp³-hybridized carbons (Fsp3) is 0.263. The Balaban J connectivity index is 1.58. The fourth-order valence-corrected chi connectivity index (χ4v) is 3.63. The van der Waals surface area contributed by atoms with Crippen LogP contribution in [0.1, 0.15) is 16.8 Å². The van der Waals surface area contributed by atoms with Gasteiger partial charge in [0.15, 0.2) is 0 Å². The number of ether oxygens (including phenoxy) is 1. The Morgan fingerprint density at radius 2 is 1.96 bits per heavy atom. The van der Waals surface area contributed by atoms with Crippen molar-refractivity contribution in [3.63, 3.8) is 0 Å². The molecule has 7 heteroatoms. The first kappa shape index (κ1) is 18.3. The molecule has 1 aliphatic heterocycles. The standard InChI is InChI=1S/C19H21N3O3S/c20-19(24)16-3-1-2-4-17(16)25-15-7-5-13(6-8-15)22-18(23)11-14-12-26-10-9-21-14/h1-8,14,21H,9-12H2,(H2,20,24)(H,22,23). The van der Waals surface area contributed by atoms with Crippen molar-refractivity contribution in [1.82, 2.24) is 5.32 Å². The number of primary amides is 1. The average molecular weight is 371 g/mol. The van der Waals surface area contributed by atoms with Crippen molar-refractivity contribution >= 4 is 29.3 Å². The molecule has 1 fully saturated rings. The van der Waals surface area contributed by atoms with E-state index in [2.05, 4.69) is 10.6 Å². The molecule has 1 heterocycles. The molecule has 0 aliphatic carbocycles. The first-order valence-corrected chi connectivity index (χ1v) is 9.55. The van der Waals surface area contributed by atoms with E-state index in [9.17, 15) is 9.59 Å². The molecule has 0 radical (unpaired) electrons. The van der Waals surface area contributed by atoms with Gasteiger partial charge in [0.2, 0.25) is 5.91 Å². The summed E-state index contributed by atoms with van der Waals surface area (Å²) in [5.41, 5.74) is 6.38. The molecule has 1 unspecified atom stereocenters. The van der Waals surface area contributed by atoms with Gasteiger partial charge in [-0.3, -0.25) is 9.59 Å². The molecule has 0 aromatic heterocycles. The van der Waals surface area contributed by atoms with Crippen LogP contribution in [-0.2, 0) is 4.79 Å². The van der Waals surface area contributed by atoms with Crippen LogP contribution in [0.3, 0.4) is 0 Å². The summed E-state index contributed by atoms with van der Waals surface area (Å²) in [6.45, 7) is 0.946. The maximum atomic E-state index is 12.1. The van der Waals surface area contributed by atoms with E-state index in [1.807, 2.05) is 11.8 Å². The van der Waals surface area contributed by atoms with Crippen molar-refractivity contribution in [3.05, 3.63) is 54.1 Å². The minimum Gasteiger partial charge on any atom is -0.457 e. The molecule has 1 saturated heterocycles. The predicted molar refractivity (Wildman–Crippen MR) is 104 cm³/mol. The molecule has 136 valence electrons. The summed E-state index contributed by atoms with van der Waals surface area (Å²) in [6.07, 6.45) is 0.456. The van der Waals surface area contributed by atoms with Gasteiger partial charge in [-0.1, -0.05) is 12.1 Å². The van der Waals surface area contributed by atoms with E-state index in [4.69, 9.17) is 10.5 Å². The van der Waals surface area contributed by atoms with Gasteiger partial charge < -0.3 is 21.1 Å². The smallest absolute Gasteiger partial charge is 0.252 e. The maximum absolute atomic E-state index is 12.1. The Bertz CT molecular complexity index is 774. The summed E-state index contributed by atoms with van der Waals surface area (Å²) < 4.78 is 5.73. The van der Waals surface area contributed by atoms with Gasteiger partial charge in [-0.15, -0.1) is 0 Å². The molecular weight excluding hydrogens is 350 g/mol. The summed E-state index contributed by atoms with van der Waals surface area (Å²) >= 11 is 1.87. The third-order valence-corrected chi connectivity index (χ3v) is 5.08. The van der Waals surface area contributed by atoms with Crippen molar-refractivity contribution in [1.29, 1.82) is 0 Å². The van der Waals surface area contributed by atoms with Crippen molar-refractivity contribution in [2.75, 3.05) is 23.4 Å². The second-order valence-corrected chi connectivity index (χ2v) is 7.11. The average Bonchev–Trinajstić information content (AvgIpc) is 2.64. The molecule has 2 aromatic carbocycles. The number of carbonyl (C=O) groups is 2. The molecule has 0 saturated carbocycles. The van der Waals surface area contributed by atoms with E-state index in [1.165, 1.54) is 0 Å². The zero-order valence-corrected chi connectivity index (χ0v) is 15.1. The van der Waals surface area contributed by atoms with Crippen LogP contribution in [0.4, 0.5) is 5.69 Å². The summed E-state index contributed by atoms with van der Waals surface area (Å²) in [4.78, 5) is 23.6. The van der Waals surface area contributed by atoms with Gasteiger partial charge in [-0.25, -0.2) is 0 Å². The highest BCUT2D eigenvalue weighted by atomic mass is 32.2. The number of benzene rings is 2. The number of amides is 2. The van der Waals surface area contributed by atoms with Crippen molar-refractivity contribution in [2.45, 2.75) is 12.5 Å². The van der Waals surface area contributed by atoms with Crippen LogP contribution in [-0.4, -0.2) is 35.9 Å². The van der Waals surface area contributed by atoms with Gasteiger partial charge in [-0.2, -0.15) is 11.8 Å². The molecule has 1 atom stereocenters. The third kappa shape index (κ3) is 5.00. The number of hydrogen-bond donors (Lipinski definition) is 3. The predicted octanol–water partition coefficient (Wildman–Crippen LogP) is 2.61. The van der Waals surface area contributed by atoms with Crippen LogP contribution in [0.25, 0.3) is 0 Å². The first-order chi connectivity index (χ1) is 12.6. The molecule has 2 aromatic rings. The molecular formula is C19H21N3O3S. The van der Waals surface area contributed by atoms with Gasteiger partial charge in [-0.05, 0) is 36.4 Å². The number of nitrogens with two attached hydrogens (primary N) is 1. The lowest BCUT2D eigenvalue weighted by atomic mass is 10.2. The van der Waals surface area contributed by atoms with Gasteiger partial charge in [0.1, 0.15) is 11.5 Å². The number of anilines is 1. The van der Waals surface area contributed by atoms with E-state index in [-0.39, 0.29) is 11.9 Å². The Kier molecular flexibility index (Phi) is 6.14. The van der Waals surface area contributed by atoms with Crippen molar-refractivity contribution in [3.8, 4) is 11.5 Å². The lowest BCUT2D eigenvalue weighted by molar-refractivity contribution is -0.116. The van der Waals surface area contributed by atoms with E-state index in [1.54, 1.807) is 48.5 Å². The minimum atomic E-state index is -0.543. The lowest BCUT2D eigenvalue weighted by Gasteiger charge is -2.22. The second kappa shape index (κ2) is 8.73. The van der Waals surface area contributed by atoms with Gasteiger partial charge >= 0.3 is 0 Å². The molecule has 1 aliphatic rings. The Labute approximate surface area is 156 Å². The summed E-state index contributed by atoms with van der Waals surface area (Å²) in [6, 6.07) is 14.0. The highest BCUT2D eigenvalue weighted by Gasteiger charge is 2.16. The summed E-state index contributed by atoms with van der Waals surface area (Å²) in [5.74, 6) is 2.45. The minimum absolute atomic E-state index is 0.0160. The van der Waals surface area contributed by atoms with Crippen LogP contribution in [0.5, 0.6) is 11.5 Å². The van der Waals surface area contributed by atoms with E-state index < -0.39 is 5.91 Å². The van der Waals surface area contributed by atoms with E-state index in [0.717, 1.165) is 18.1 Å². The molecule has 2 amide bonds. The third-order valence-electron chi connectivity index (χ3n) is 3.95. The highest BCUT2D eigenvalue weighted by Crippen LogP contribution is 2.26. The Hall–Kier alpha value is -2.51. The maximum Gasteiger partial charge on any atom is 0.252 e. The Morgan fingerprint density at radius 3 is 2.65 bits per heavy atom. The van der Waals surface area contributed by atoms with Crippen molar-refractivity contribution < 1.29 is 14.3 Å². The molecule has 0 bridgehead atoms. The Morgan fingerprint density at radius 1 is 1.19 bits per heavy atom. The SMILES string of the molecule is NC(=O)c1ccccc1Oc1ccc(NC(=O)CC2CSCCN2)cc1. The quantitative estimate of drug-likeness (QED) is 0.726. The topological polar surface area (TPSA) is 93.5 Å². The summed E-state index contributed by atoms with van der Waals surface area (Å²) in [7, 11) is 0. The molecule has 3 rings (SSSR count). The zero-order chi connectivity index (χ0) is 18.4. The largest absolute Gasteiger partial charge is 0.457 e. The van der Waals surface area contributed by atoms with Crippen LogP contribution < -0.4 is 21.1 Å². The van der Waals surface area contributed by atoms with E-state index in [0.29, 0.717) is 29.2 Å². The number of rotatable bonds is 6. The fourth-order valence-electron chi connectivity index (χ4n) is 2.68. The van der Waals surface area contributed by atoms with Crippen LogP contribution in [0.2, 0.25) is 0 Å². The number of para-hydroxylation sites is 1. The molecule has 0 spiro atoms. The molecule has 6 nitrogen and oxygen atoms in total. The molecule has 26 heavy (non-hydrogen) atoms. The van der Waals surface area contributed by atoms with Gasteiger partial charge in [0.25, 0.3) is 5.91 Å². The lowest BCUT2D eigenvalue weighted by Crippen LogP contribution is -2.39.